The molecule has 9 nitrogen and oxygen atoms in total. The van der Waals surface area contributed by atoms with Crippen molar-refractivity contribution in [2.45, 2.75) is 30.9 Å². The molecule has 3 heterocycles. The van der Waals surface area contributed by atoms with Crippen molar-refractivity contribution >= 4 is 46.9 Å². The quantitative estimate of drug-likeness (QED) is 0.408. The number of carboxylic acids is 1. The Morgan fingerprint density at radius 2 is 2.18 bits per heavy atom. The topological polar surface area (TPSA) is 133 Å². The van der Waals surface area contributed by atoms with E-state index >= 15 is 0 Å². The number of nitrogens with zero attached hydrogens (tertiary/aromatic N) is 1. The number of thioether (sulfide) groups is 1. The molecule has 1 aromatic rings. The number of carboxylic acid groups (broad SMARTS) is 1. The molecule has 2 aliphatic rings. The van der Waals surface area contributed by atoms with Crippen molar-refractivity contribution < 1.29 is 34.1 Å². The van der Waals surface area contributed by atoms with E-state index in [0.717, 1.165) is 16.7 Å². The van der Waals surface area contributed by atoms with E-state index in [4.69, 9.17) is 4.74 Å². The van der Waals surface area contributed by atoms with Crippen molar-refractivity contribution in [3.63, 3.8) is 0 Å². The molecule has 3 N–H and O–H groups in total. The Bertz CT molecular complexity index is 837. The van der Waals surface area contributed by atoms with Gasteiger partial charge in [0.1, 0.15) is 23.2 Å². The Balaban J connectivity index is 1.76. The van der Waals surface area contributed by atoms with E-state index in [1.807, 2.05) is 17.5 Å². The van der Waals surface area contributed by atoms with E-state index < -0.39 is 42.0 Å². The smallest absolute Gasteiger partial charge is 0.352 e. The normalized spacial score (nSPS) is 22.2. The number of aliphatic hydroxyl groups excluding tert-OH is 1. The van der Waals surface area contributed by atoms with Crippen LogP contribution < -0.4 is 5.32 Å². The summed E-state index contributed by atoms with van der Waals surface area (Å²) in [6, 6.07) is 2.82. The number of carbonyl (C=O) groups is 4. The molecule has 1 unspecified atom stereocenters. The first-order chi connectivity index (χ1) is 13.3. The third kappa shape index (κ3) is 3.91. The minimum Gasteiger partial charge on any atom is -0.477 e. The highest BCUT2D eigenvalue weighted by atomic mass is 32.2. The maximum atomic E-state index is 12.6. The highest BCUT2D eigenvalue weighted by molar-refractivity contribution is 8.00. The van der Waals surface area contributed by atoms with Gasteiger partial charge in [0.25, 0.3) is 5.91 Å². The van der Waals surface area contributed by atoms with Crippen LogP contribution in [-0.2, 0) is 30.3 Å². The maximum absolute atomic E-state index is 12.6. The van der Waals surface area contributed by atoms with Crippen LogP contribution in [0.25, 0.3) is 0 Å². The van der Waals surface area contributed by atoms with Crippen molar-refractivity contribution in [1.29, 1.82) is 0 Å². The molecule has 1 fully saturated rings. The number of hydrogen-bond donors (Lipinski definition) is 3. The third-order valence-electron chi connectivity index (χ3n) is 4.29. The van der Waals surface area contributed by atoms with Crippen LogP contribution in [0.5, 0.6) is 0 Å². The van der Waals surface area contributed by atoms with Crippen LogP contribution in [0.2, 0.25) is 0 Å². The summed E-state index contributed by atoms with van der Waals surface area (Å²) >= 11 is 2.68. The van der Waals surface area contributed by atoms with Crippen molar-refractivity contribution in [1.82, 2.24) is 10.2 Å². The summed E-state index contributed by atoms with van der Waals surface area (Å²) in [4.78, 5) is 49.7. The highest BCUT2D eigenvalue weighted by Gasteiger charge is 2.55. The van der Waals surface area contributed by atoms with Gasteiger partial charge in [0.2, 0.25) is 5.91 Å². The Kier molecular flexibility index (Phi) is 6.06. The summed E-state index contributed by atoms with van der Waals surface area (Å²) in [5, 5.41) is 23.0. The summed E-state index contributed by atoms with van der Waals surface area (Å²) in [7, 11) is 0. The Hall–Kier alpha value is -2.37. The van der Waals surface area contributed by atoms with Crippen LogP contribution in [0.1, 0.15) is 11.8 Å². The second-order valence-corrected chi connectivity index (χ2v) is 8.31. The predicted octanol–water partition coefficient (Wildman–Crippen LogP) is -0.0468. The number of carbonyl (C=O) groups excluding carboxylic acids is 3. The molecule has 1 aromatic heterocycles. The number of ether oxygens (including phenoxy) is 1. The number of β-lactam (4-membered cyclic amide) rings is 1. The molecule has 0 saturated carbocycles. The van der Waals surface area contributed by atoms with Gasteiger partial charge in [-0.15, -0.1) is 23.1 Å². The summed E-state index contributed by atoms with van der Waals surface area (Å²) in [5.74, 6) is -2.75. The second-order valence-electron chi connectivity index (χ2n) is 6.17. The van der Waals surface area contributed by atoms with Crippen LogP contribution in [0, 0.1) is 0 Å². The number of hydrogen-bond acceptors (Lipinski definition) is 8. The van der Waals surface area contributed by atoms with Gasteiger partial charge in [-0.25, -0.2) is 4.79 Å². The van der Waals surface area contributed by atoms with Crippen molar-refractivity contribution in [2.75, 3.05) is 12.4 Å². The van der Waals surface area contributed by atoms with E-state index in [-0.39, 0.29) is 29.4 Å². The van der Waals surface area contributed by atoms with Gasteiger partial charge in [0.15, 0.2) is 0 Å². The maximum Gasteiger partial charge on any atom is 0.352 e. The fourth-order valence-electron chi connectivity index (χ4n) is 3.10. The standard InChI is InChI=1S/C17H18N2O7S2/c1-8(21)26-11(6-20)10-7-28-16-13(15(23)19(16)14(10)17(24)25)18-12(22)5-9-3-2-4-27-9/h2-4,11,13,16,20H,5-7H2,1H3,(H,18,22)(H,24,25)/t11?,13-,16+/m0/s1. The lowest BCUT2D eigenvalue weighted by molar-refractivity contribution is -0.151. The van der Waals surface area contributed by atoms with E-state index in [0.29, 0.717) is 0 Å². The van der Waals surface area contributed by atoms with Crippen LogP contribution in [0.15, 0.2) is 28.8 Å². The molecular formula is C17H18N2O7S2. The minimum absolute atomic E-state index is 0.144. The van der Waals surface area contributed by atoms with Crippen molar-refractivity contribution in [2.24, 2.45) is 0 Å². The molecule has 11 heteroatoms. The first-order valence-corrected chi connectivity index (χ1v) is 10.3. The van der Waals surface area contributed by atoms with E-state index in [1.54, 1.807) is 0 Å². The highest BCUT2D eigenvalue weighted by Crippen LogP contribution is 2.41. The average Bonchev–Trinajstić information content (AvgIpc) is 3.15. The van der Waals surface area contributed by atoms with E-state index in [9.17, 15) is 29.4 Å². The van der Waals surface area contributed by atoms with Gasteiger partial charge in [0, 0.05) is 23.1 Å². The summed E-state index contributed by atoms with van der Waals surface area (Å²) < 4.78 is 4.98. The number of amides is 2. The Morgan fingerprint density at radius 3 is 2.75 bits per heavy atom. The first kappa shape index (κ1) is 20.4. The molecule has 1 saturated heterocycles. The molecule has 3 atom stereocenters. The summed E-state index contributed by atoms with van der Waals surface area (Å²) in [6.07, 6.45) is -0.998. The van der Waals surface area contributed by atoms with Crippen LogP contribution >= 0.6 is 23.1 Å². The van der Waals surface area contributed by atoms with Gasteiger partial charge in [-0.05, 0) is 11.4 Å². The van der Waals surface area contributed by atoms with Crippen molar-refractivity contribution in [3.05, 3.63) is 33.7 Å². The molecule has 0 bridgehead atoms. The summed E-state index contributed by atoms with van der Waals surface area (Å²) in [6.45, 7) is 0.552. The number of thiophene rings is 1. The molecule has 150 valence electrons. The molecule has 3 rings (SSSR count). The third-order valence-corrected chi connectivity index (χ3v) is 6.47. The SMILES string of the molecule is CC(=O)OC(CO)C1=C(C(=O)O)N2C(=O)[C@H](NC(=O)Cc3cccs3)[C@H]2SC1. The monoisotopic (exact) mass is 426 g/mol. The summed E-state index contributed by atoms with van der Waals surface area (Å²) in [5.41, 5.74) is -0.152. The molecule has 0 aliphatic carbocycles. The van der Waals surface area contributed by atoms with Gasteiger partial charge >= 0.3 is 11.9 Å². The molecule has 0 aromatic carbocycles. The van der Waals surface area contributed by atoms with E-state index in [1.165, 1.54) is 23.1 Å². The fraction of sp³-hybridized carbons (Fsp3) is 0.412. The van der Waals surface area contributed by atoms with Crippen LogP contribution in [0.3, 0.4) is 0 Å². The molecule has 28 heavy (non-hydrogen) atoms. The lowest BCUT2D eigenvalue weighted by Gasteiger charge is -2.49. The van der Waals surface area contributed by atoms with Crippen LogP contribution in [0.4, 0.5) is 0 Å². The Morgan fingerprint density at radius 1 is 1.43 bits per heavy atom. The first-order valence-electron chi connectivity index (χ1n) is 8.34. The predicted molar refractivity (Wildman–Crippen MR) is 100 cm³/mol. The zero-order chi connectivity index (χ0) is 20.4. The largest absolute Gasteiger partial charge is 0.477 e. The zero-order valence-electron chi connectivity index (χ0n) is 14.8. The fourth-order valence-corrected chi connectivity index (χ4v) is 5.22. The number of esters is 1. The van der Waals surface area contributed by atoms with Gasteiger partial charge < -0.3 is 20.3 Å². The number of nitrogens with one attached hydrogen (secondary N) is 1. The molecule has 2 aliphatic heterocycles. The van der Waals surface area contributed by atoms with Gasteiger partial charge in [-0.2, -0.15) is 0 Å². The number of rotatable bonds is 7. The zero-order valence-corrected chi connectivity index (χ0v) is 16.4. The Labute approximate surface area is 168 Å². The minimum atomic E-state index is -1.36. The molecule has 0 radical (unpaired) electrons. The average molecular weight is 426 g/mol. The molecular weight excluding hydrogens is 408 g/mol. The number of aliphatic carboxylic acids is 1. The number of fused-ring (bicyclic) bond motifs is 1. The molecule has 0 spiro atoms. The van der Waals surface area contributed by atoms with Gasteiger partial charge in [-0.1, -0.05) is 6.07 Å². The van der Waals surface area contributed by atoms with Crippen molar-refractivity contribution in [3.8, 4) is 0 Å². The lowest BCUT2D eigenvalue weighted by atomic mass is 10.0. The number of aliphatic hydroxyl groups is 1. The van der Waals surface area contributed by atoms with Gasteiger partial charge in [0.05, 0.1) is 13.0 Å². The van der Waals surface area contributed by atoms with Gasteiger partial charge in [-0.3, -0.25) is 19.3 Å². The van der Waals surface area contributed by atoms with E-state index in [2.05, 4.69) is 5.32 Å². The molecule has 2 amide bonds. The second kappa shape index (κ2) is 8.33. The van der Waals surface area contributed by atoms with Crippen LogP contribution in [-0.4, -0.2) is 68.7 Å². The lowest BCUT2D eigenvalue weighted by Crippen LogP contribution is -2.71.